The lowest BCUT2D eigenvalue weighted by molar-refractivity contribution is 0.368. The largest absolute Gasteiger partial charge is 0.479 e. The molecule has 8 heteroatoms. The molecular formula is C20H17F2N5O. The summed E-state index contributed by atoms with van der Waals surface area (Å²) in [7, 11) is 1.36. The number of halogens is 2. The van der Waals surface area contributed by atoms with E-state index in [0.29, 0.717) is 36.1 Å². The van der Waals surface area contributed by atoms with E-state index in [1.165, 1.54) is 19.5 Å². The SMILES string of the molecule is COc1ncc(CCc2ccc(Cc3c[nH]c4ncncc34)c(F)n2)cc1F. The van der Waals surface area contributed by atoms with Crippen LogP contribution in [0, 0.1) is 11.8 Å². The second-order valence-corrected chi connectivity index (χ2v) is 6.36. The van der Waals surface area contributed by atoms with Crippen molar-refractivity contribution in [2.75, 3.05) is 7.11 Å². The van der Waals surface area contributed by atoms with Gasteiger partial charge in [-0.3, -0.25) is 0 Å². The number of aromatic amines is 1. The maximum atomic E-state index is 14.5. The molecule has 0 bridgehead atoms. The lowest BCUT2D eigenvalue weighted by Crippen LogP contribution is -2.02. The van der Waals surface area contributed by atoms with Crippen molar-refractivity contribution < 1.29 is 13.5 Å². The van der Waals surface area contributed by atoms with Gasteiger partial charge in [0.05, 0.1) is 7.11 Å². The highest BCUT2D eigenvalue weighted by Gasteiger charge is 2.11. The first-order valence-electron chi connectivity index (χ1n) is 8.72. The second kappa shape index (κ2) is 7.67. The van der Waals surface area contributed by atoms with Gasteiger partial charge in [-0.05, 0) is 36.1 Å². The zero-order valence-electron chi connectivity index (χ0n) is 15.1. The molecule has 0 fully saturated rings. The highest BCUT2D eigenvalue weighted by molar-refractivity contribution is 5.78. The average molecular weight is 381 g/mol. The number of ether oxygens (including phenoxy) is 1. The Hall–Kier alpha value is -3.42. The quantitative estimate of drug-likeness (QED) is 0.518. The summed E-state index contributed by atoms with van der Waals surface area (Å²) in [5.74, 6) is -1.07. The predicted octanol–water partition coefficient (Wildman–Crippen LogP) is 3.41. The van der Waals surface area contributed by atoms with Crippen molar-refractivity contribution in [3.05, 3.63) is 77.3 Å². The molecule has 4 rings (SSSR count). The van der Waals surface area contributed by atoms with Crippen LogP contribution in [0.3, 0.4) is 0 Å². The lowest BCUT2D eigenvalue weighted by atomic mass is 10.1. The fourth-order valence-corrected chi connectivity index (χ4v) is 3.06. The minimum absolute atomic E-state index is 0.0417. The first-order valence-corrected chi connectivity index (χ1v) is 8.72. The molecule has 0 atom stereocenters. The van der Waals surface area contributed by atoms with Crippen LogP contribution in [0.25, 0.3) is 11.0 Å². The maximum absolute atomic E-state index is 14.5. The number of aromatic nitrogens is 5. The van der Waals surface area contributed by atoms with Gasteiger partial charge in [-0.2, -0.15) is 4.39 Å². The van der Waals surface area contributed by atoms with Crippen molar-refractivity contribution in [2.45, 2.75) is 19.3 Å². The van der Waals surface area contributed by atoms with E-state index in [2.05, 4.69) is 24.9 Å². The predicted molar refractivity (Wildman–Crippen MR) is 99.0 cm³/mol. The van der Waals surface area contributed by atoms with Crippen molar-refractivity contribution in [1.82, 2.24) is 24.9 Å². The van der Waals surface area contributed by atoms with E-state index >= 15 is 0 Å². The van der Waals surface area contributed by atoms with Gasteiger partial charge in [-0.15, -0.1) is 0 Å². The summed E-state index contributed by atoms with van der Waals surface area (Å²) in [6.07, 6.45) is 7.88. The Kier molecular flexibility index (Phi) is 4.92. The summed E-state index contributed by atoms with van der Waals surface area (Å²) >= 11 is 0. The van der Waals surface area contributed by atoms with Crippen LogP contribution >= 0.6 is 0 Å². The fraction of sp³-hybridized carbons (Fsp3) is 0.200. The van der Waals surface area contributed by atoms with E-state index in [-0.39, 0.29) is 5.88 Å². The number of nitrogens with zero attached hydrogens (tertiary/aromatic N) is 4. The fourth-order valence-electron chi connectivity index (χ4n) is 3.06. The molecule has 0 spiro atoms. The molecule has 4 aromatic rings. The molecule has 142 valence electrons. The number of hydrogen-bond acceptors (Lipinski definition) is 5. The number of H-pyrrole nitrogens is 1. The normalized spacial score (nSPS) is 11.1. The summed E-state index contributed by atoms with van der Waals surface area (Å²) in [5, 5.41) is 0.861. The Bertz CT molecular complexity index is 1130. The molecule has 0 saturated heterocycles. The number of methoxy groups -OCH3 is 1. The van der Waals surface area contributed by atoms with E-state index in [1.54, 1.807) is 30.7 Å². The summed E-state index contributed by atoms with van der Waals surface area (Å²) in [6.45, 7) is 0. The topological polar surface area (TPSA) is 76.6 Å². The van der Waals surface area contributed by atoms with Gasteiger partial charge in [0.15, 0.2) is 5.82 Å². The van der Waals surface area contributed by atoms with Gasteiger partial charge >= 0.3 is 0 Å². The maximum Gasteiger partial charge on any atom is 0.250 e. The summed E-state index contributed by atoms with van der Waals surface area (Å²) in [4.78, 5) is 19.2. The van der Waals surface area contributed by atoms with E-state index in [9.17, 15) is 8.78 Å². The van der Waals surface area contributed by atoms with Crippen LogP contribution < -0.4 is 4.74 Å². The highest BCUT2D eigenvalue weighted by atomic mass is 19.1. The molecule has 6 nitrogen and oxygen atoms in total. The van der Waals surface area contributed by atoms with Crippen LogP contribution in [0.5, 0.6) is 5.88 Å². The van der Waals surface area contributed by atoms with Crippen molar-refractivity contribution in [2.24, 2.45) is 0 Å². The third-order valence-corrected chi connectivity index (χ3v) is 4.53. The van der Waals surface area contributed by atoms with Gasteiger partial charge in [-0.25, -0.2) is 24.3 Å². The van der Waals surface area contributed by atoms with E-state index in [4.69, 9.17) is 4.74 Å². The van der Waals surface area contributed by atoms with Gasteiger partial charge in [0.1, 0.15) is 12.0 Å². The molecule has 0 aromatic carbocycles. The lowest BCUT2D eigenvalue weighted by Gasteiger charge is -2.06. The Morgan fingerprint density at radius 1 is 1.07 bits per heavy atom. The van der Waals surface area contributed by atoms with Crippen LogP contribution in [0.4, 0.5) is 8.78 Å². The standard InChI is InChI=1S/C20H17F2N5O/c1-28-20-17(21)6-12(8-25-20)2-4-15-5-3-13(18(22)27-15)7-14-9-24-19-16(14)10-23-11-26-19/h3,5-6,8-11H,2,4,7H2,1H3,(H,23,24,26). The number of hydrogen-bond donors (Lipinski definition) is 1. The van der Waals surface area contributed by atoms with E-state index in [0.717, 1.165) is 16.6 Å². The molecule has 4 aromatic heterocycles. The van der Waals surface area contributed by atoms with E-state index < -0.39 is 11.8 Å². The Balaban J connectivity index is 1.46. The average Bonchev–Trinajstić information content (AvgIpc) is 3.11. The van der Waals surface area contributed by atoms with Gasteiger partial charge < -0.3 is 9.72 Å². The Morgan fingerprint density at radius 2 is 1.96 bits per heavy atom. The minimum Gasteiger partial charge on any atom is -0.479 e. The molecule has 0 amide bonds. The van der Waals surface area contributed by atoms with Crippen LogP contribution in [0.2, 0.25) is 0 Å². The van der Waals surface area contributed by atoms with Crippen LogP contribution in [-0.2, 0) is 19.3 Å². The number of fused-ring (bicyclic) bond motifs is 1. The summed E-state index contributed by atoms with van der Waals surface area (Å²) < 4.78 is 33.0. The Morgan fingerprint density at radius 3 is 2.75 bits per heavy atom. The molecule has 0 aliphatic rings. The molecule has 0 aliphatic heterocycles. The molecule has 0 radical (unpaired) electrons. The first kappa shape index (κ1) is 18.0. The number of rotatable bonds is 6. The van der Waals surface area contributed by atoms with Crippen LogP contribution in [0.15, 0.2) is 43.1 Å². The van der Waals surface area contributed by atoms with Gasteiger partial charge in [0.2, 0.25) is 11.8 Å². The molecule has 0 saturated carbocycles. The number of pyridine rings is 2. The third-order valence-electron chi connectivity index (χ3n) is 4.53. The molecule has 0 aliphatic carbocycles. The molecule has 1 N–H and O–H groups in total. The van der Waals surface area contributed by atoms with E-state index in [1.807, 2.05) is 0 Å². The molecule has 28 heavy (non-hydrogen) atoms. The van der Waals surface area contributed by atoms with Crippen molar-refractivity contribution >= 4 is 11.0 Å². The van der Waals surface area contributed by atoms with Gasteiger partial charge in [-0.1, -0.05) is 6.07 Å². The monoisotopic (exact) mass is 381 g/mol. The second-order valence-electron chi connectivity index (χ2n) is 6.36. The smallest absolute Gasteiger partial charge is 0.250 e. The number of aryl methyl sites for hydroxylation is 2. The van der Waals surface area contributed by atoms with Crippen molar-refractivity contribution in [3.8, 4) is 5.88 Å². The minimum atomic E-state index is -0.516. The zero-order chi connectivity index (χ0) is 19.5. The number of nitrogens with one attached hydrogen (secondary N) is 1. The zero-order valence-corrected chi connectivity index (χ0v) is 15.1. The first-order chi connectivity index (χ1) is 13.6. The molecule has 0 unspecified atom stereocenters. The Labute approximate surface area is 159 Å². The molecule has 4 heterocycles. The summed E-state index contributed by atoms with van der Waals surface area (Å²) in [6, 6.07) is 4.89. The van der Waals surface area contributed by atoms with Crippen molar-refractivity contribution in [3.63, 3.8) is 0 Å². The van der Waals surface area contributed by atoms with Gasteiger partial charge in [0.25, 0.3) is 0 Å². The molecular weight excluding hydrogens is 364 g/mol. The van der Waals surface area contributed by atoms with Crippen LogP contribution in [0.1, 0.15) is 22.4 Å². The van der Waals surface area contributed by atoms with Crippen LogP contribution in [-0.4, -0.2) is 32.0 Å². The van der Waals surface area contributed by atoms with Crippen molar-refractivity contribution in [1.29, 1.82) is 0 Å². The summed E-state index contributed by atoms with van der Waals surface area (Å²) in [5.41, 5.74) is 3.41. The highest BCUT2D eigenvalue weighted by Crippen LogP contribution is 2.20. The third kappa shape index (κ3) is 3.66. The van der Waals surface area contributed by atoms with Gasteiger partial charge in [0, 0.05) is 41.7 Å².